The van der Waals surface area contributed by atoms with Gasteiger partial charge in [0.15, 0.2) is 0 Å². The summed E-state index contributed by atoms with van der Waals surface area (Å²) in [5.74, 6) is 0.604. The van der Waals surface area contributed by atoms with Gasteiger partial charge >= 0.3 is 7.69 Å². The Labute approximate surface area is 195 Å². The molecule has 0 aliphatic rings. The van der Waals surface area contributed by atoms with Crippen LogP contribution in [0.1, 0.15) is 0 Å². The van der Waals surface area contributed by atoms with Crippen LogP contribution in [0, 0.1) is 0 Å². The molecule has 4 aromatic carbocycles. The summed E-state index contributed by atoms with van der Waals surface area (Å²) in [7, 11) is 0.675. The second kappa shape index (κ2) is 11.2. The Kier molecular flexibility index (Phi) is 8.41. The van der Waals surface area contributed by atoms with E-state index in [1.807, 2.05) is 84.9 Å². The number of halogens is 3. The quantitative estimate of drug-likeness (QED) is 0.292. The molecule has 4 rings (SSSR count). The smallest absolute Gasteiger partial charge is 0.537 e. The van der Waals surface area contributed by atoms with E-state index >= 15 is 0 Å². The van der Waals surface area contributed by atoms with Gasteiger partial charge in [0.1, 0.15) is 5.75 Å². The fourth-order valence-electron chi connectivity index (χ4n) is 2.82. The molecule has 0 unspecified atom stereocenters. The second-order valence-corrected chi connectivity index (χ2v) is 7.94. The molecule has 0 heterocycles. The van der Waals surface area contributed by atoms with Crippen molar-refractivity contribution in [3.63, 3.8) is 0 Å². The van der Waals surface area contributed by atoms with Crippen LogP contribution in [0.5, 0.6) is 5.75 Å². The lowest BCUT2D eigenvalue weighted by Crippen LogP contribution is -2.00. The van der Waals surface area contributed by atoms with Gasteiger partial charge in [-0.1, -0.05) is 99.8 Å². The monoisotopic (exact) mass is 497 g/mol. The molecule has 0 amide bonds. The summed E-state index contributed by atoms with van der Waals surface area (Å²) in [6.07, 6.45) is 0. The molecule has 0 saturated carbocycles. The summed E-state index contributed by atoms with van der Waals surface area (Å²) in [5.41, 5.74) is 4.25. The minimum absolute atomic E-state index is 0.604. The zero-order valence-corrected chi connectivity index (χ0v) is 18.9. The molecule has 6 heteroatoms. The zero-order chi connectivity index (χ0) is 21.3. The first-order valence-electron chi connectivity index (χ1n) is 9.06. The SMILES string of the molecule is Clc1ccc(-c2ccccc2Br)cc1.O[B]Oc1ccccc1-c1ccc(Cl)cc1. The molecule has 149 valence electrons. The van der Waals surface area contributed by atoms with E-state index in [0.717, 1.165) is 20.6 Å². The van der Waals surface area contributed by atoms with E-state index in [1.165, 1.54) is 11.1 Å². The third-order valence-electron chi connectivity index (χ3n) is 4.25. The van der Waals surface area contributed by atoms with Crippen LogP contribution in [0.4, 0.5) is 0 Å². The number of para-hydroxylation sites is 1. The maximum atomic E-state index is 8.67. The normalized spacial score (nSPS) is 10.0. The van der Waals surface area contributed by atoms with Gasteiger partial charge in [-0.3, -0.25) is 0 Å². The van der Waals surface area contributed by atoms with E-state index in [2.05, 4.69) is 22.0 Å². The maximum Gasteiger partial charge on any atom is 0.569 e. The molecule has 1 radical (unpaired) electrons. The van der Waals surface area contributed by atoms with E-state index in [4.69, 9.17) is 32.9 Å². The topological polar surface area (TPSA) is 29.5 Å². The van der Waals surface area contributed by atoms with Gasteiger partial charge in [0.25, 0.3) is 0 Å². The first-order valence-corrected chi connectivity index (χ1v) is 10.6. The molecule has 30 heavy (non-hydrogen) atoms. The lowest BCUT2D eigenvalue weighted by molar-refractivity contribution is 0.455. The van der Waals surface area contributed by atoms with E-state index in [1.54, 1.807) is 6.07 Å². The van der Waals surface area contributed by atoms with E-state index in [9.17, 15) is 0 Å². The lowest BCUT2D eigenvalue weighted by Gasteiger charge is -2.09. The van der Waals surface area contributed by atoms with Crippen molar-refractivity contribution in [1.29, 1.82) is 0 Å². The lowest BCUT2D eigenvalue weighted by atomic mass is 10.0. The molecule has 1 N–H and O–H groups in total. The first-order chi connectivity index (χ1) is 14.6. The molecule has 4 aromatic rings. The Morgan fingerprint density at radius 3 is 1.63 bits per heavy atom. The fourth-order valence-corrected chi connectivity index (χ4v) is 3.58. The largest absolute Gasteiger partial charge is 0.569 e. The Hall–Kier alpha value is -2.24. The molecule has 0 bridgehead atoms. The van der Waals surface area contributed by atoms with Gasteiger partial charge in [0.2, 0.25) is 0 Å². The summed E-state index contributed by atoms with van der Waals surface area (Å²) < 4.78 is 6.12. The van der Waals surface area contributed by atoms with Gasteiger partial charge in [-0.2, -0.15) is 0 Å². The van der Waals surface area contributed by atoms with Crippen LogP contribution in [0.2, 0.25) is 10.0 Å². The minimum Gasteiger partial charge on any atom is -0.537 e. The standard InChI is InChI=1S/C12H9BClO2.C12H8BrCl/c14-10-7-5-9(6-8-10)11-3-1-2-4-12(11)16-13-15;13-12-4-2-1-3-11(12)9-5-7-10(14)8-6-9/h1-8,15H;1-8H. The number of hydrogen-bond acceptors (Lipinski definition) is 2. The fraction of sp³-hybridized carbons (Fsp3) is 0. The van der Waals surface area contributed by atoms with Crippen molar-refractivity contribution >= 4 is 46.8 Å². The molecule has 0 aliphatic carbocycles. The molecular weight excluding hydrogens is 482 g/mol. The average Bonchev–Trinajstić information content (AvgIpc) is 2.77. The highest BCUT2D eigenvalue weighted by Crippen LogP contribution is 2.30. The molecule has 0 fully saturated rings. The van der Waals surface area contributed by atoms with Crippen LogP contribution in [0.15, 0.2) is 102 Å². The Balaban J connectivity index is 0.000000172. The number of benzene rings is 4. The average molecular weight is 499 g/mol. The van der Waals surface area contributed by atoms with Gasteiger partial charge in [-0.25, -0.2) is 0 Å². The second-order valence-electron chi connectivity index (χ2n) is 6.21. The third kappa shape index (κ3) is 6.13. The molecule has 0 saturated heterocycles. The van der Waals surface area contributed by atoms with Crippen molar-refractivity contribution < 1.29 is 9.68 Å². The molecule has 0 aromatic heterocycles. The molecule has 2 nitrogen and oxygen atoms in total. The highest BCUT2D eigenvalue weighted by atomic mass is 79.9. The van der Waals surface area contributed by atoms with Gasteiger partial charge in [0.05, 0.1) is 0 Å². The summed E-state index contributed by atoms with van der Waals surface area (Å²) in [6.45, 7) is 0. The number of rotatable bonds is 4. The summed E-state index contributed by atoms with van der Waals surface area (Å²) >= 11 is 15.2. The summed E-state index contributed by atoms with van der Waals surface area (Å²) in [6, 6.07) is 30.9. The van der Waals surface area contributed by atoms with Crippen molar-refractivity contribution in [2.45, 2.75) is 0 Å². The van der Waals surface area contributed by atoms with Crippen molar-refractivity contribution in [2.24, 2.45) is 0 Å². The van der Waals surface area contributed by atoms with Gasteiger partial charge in [-0.15, -0.1) is 0 Å². The van der Waals surface area contributed by atoms with Crippen molar-refractivity contribution in [3.05, 3.63) is 112 Å². The van der Waals surface area contributed by atoms with Crippen LogP contribution in [-0.4, -0.2) is 12.7 Å². The Bertz CT molecular complexity index is 1090. The van der Waals surface area contributed by atoms with Gasteiger partial charge in [0, 0.05) is 20.1 Å². The van der Waals surface area contributed by atoms with Gasteiger partial charge < -0.3 is 9.68 Å². The zero-order valence-electron chi connectivity index (χ0n) is 15.8. The van der Waals surface area contributed by atoms with Crippen LogP contribution in [0.3, 0.4) is 0 Å². The summed E-state index contributed by atoms with van der Waals surface area (Å²) in [4.78, 5) is 0. The summed E-state index contributed by atoms with van der Waals surface area (Å²) in [5, 5.41) is 10.1. The van der Waals surface area contributed by atoms with Gasteiger partial charge in [-0.05, 0) is 53.1 Å². The number of hydrogen-bond donors (Lipinski definition) is 1. The third-order valence-corrected chi connectivity index (χ3v) is 5.45. The predicted molar refractivity (Wildman–Crippen MR) is 130 cm³/mol. The van der Waals surface area contributed by atoms with E-state index in [-0.39, 0.29) is 0 Å². The Morgan fingerprint density at radius 2 is 1.10 bits per heavy atom. The first kappa shape index (κ1) is 22.5. The highest BCUT2D eigenvalue weighted by molar-refractivity contribution is 9.10. The Morgan fingerprint density at radius 1 is 0.633 bits per heavy atom. The molecular formula is C24H17BBrCl2O2. The maximum absolute atomic E-state index is 8.67. The van der Waals surface area contributed by atoms with Crippen LogP contribution in [-0.2, 0) is 0 Å². The van der Waals surface area contributed by atoms with Crippen molar-refractivity contribution in [1.82, 2.24) is 0 Å². The molecule has 0 aliphatic heterocycles. The van der Waals surface area contributed by atoms with Crippen LogP contribution in [0.25, 0.3) is 22.3 Å². The van der Waals surface area contributed by atoms with E-state index < -0.39 is 0 Å². The van der Waals surface area contributed by atoms with Crippen molar-refractivity contribution in [3.8, 4) is 28.0 Å². The minimum atomic E-state index is 0.604. The molecule has 0 spiro atoms. The predicted octanol–water partition coefficient (Wildman–Crippen LogP) is 7.68. The highest BCUT2D eigenvalue weighted by Gasteiger charge is 2.05. The van der Waals surface area contributed by atoms with E-state index in [0.29, 0.717) is 18.5 Å². The molecule has 0 atom stereocenters. The van der Waals surface area contributed by atoms with Crippen LogP contribution < -0.4 is 4.65 Å². The van der Waals surface area contributed by atoms with Crippen LogP contribution >= 0.6 is 39.1 Å². The van der Waals surface area contributed by atoms with Crippen molar-refractivity contribution in [2.75, 3.05) is 0 Å².